The molecule has 1 aromatic rings. The third-order valence-corrected chi connectivity index (χ3v) is 4.81. The van der Waals surface area contributed by atoms with Crippen molar-refractivity contribution in [2.75, 3.05) is 20.1 Å². The van der Waals surface area contributed by atoms with Crippen LogP contribution in [0.5, 0.6) is 0 Å². The summed E-state index contributed by atoms with van der Waals surface area (Å²) in [5.41, 5.74) is 3.18. The van der Waals surface area contributed by atoms with Crippen LogP contribution in [0.4, 0.5) is 0 Å². The second-order valence-electron chi connectivity index (χ2n) is 6.79. The lowest BCUT2D eigenvalue weighted by atomic mass is 9.87. The molecule has 1 amide bonds. The molecule has 2 N–H and O–H groups in total. The number of carbonyl (C=O) groups excluding carboxylic acids is 1. The molecule has 0 aromatic heterocycles. The van der Waals surface area contributed by atoms with Crippen molar-refractivity contribution in [3.63, 3.8) is 0 Å². The maximum Gasteiger partial charge on any atom is 0.329 e. The summed E-state index contributed by atoms with van der Waals surface area (Å²) in [7, 11) is 1.96. The number of hydrogen-bond donors (Lipinski definition) is 2. The van der Waals surface area contributed by atoms with Gasteiger partial charge in [-0.1, -0.05) is 17.7 Å². The lowest BCUT2D eigenvalue weighted by Crippen LogP contribution is -2.59. The molecule has 1 saturated heterocycles. The summed E-state index contributed by atoms with van der Waals surface area (Å²) in [6, 6.07) is 4.11. The van der Waals surface area contributed by atoms with E-state index in [9.17, 15) is 14.7 Å². The number of rotatable bonds is 4. The Hall–Kier alpha value is -1.88. The van der Waals surface area contributed by atoms with Crippen molar-refractivity contribution in [1.82, 2.24) is 10.2 Å². The summed E-state index contributed by atoms with van der Waals surface area (Å²) >= 11 is 0. The number of nitrogens with zero attached hydrogens (tertiary/aromatic N) is 1. The van der Waals surface area contributed by atoms with Gasteiger partial charge in [-0.05, 0) is 57.4 Å². The average molecular weight is 318 g/mol. The van der Waals surface area contributed by atoms with Crippen molar-refractivity contribution < 1.29 is 14.7 Å². The molecule has 1 aromatic carbocycles. The van der Waals surface area contributed by atoms with Gasteiger partial charge in [0.05, 0.1) is 6.42 Å². The summed E-state index contributed by atoms with van der Waals surface area (Å²) in [5.74, 6) is -1.15. The number of nitrogens with one attached hydrogen (secondary N) is 1. The van der Waals surface area contributed by atoms with Crippen LogP contribution >= 0.6 is 0 Å². The van der Waals surface area contributed by atoms with Crippen LogP contribution in [0.15, 0.2) is 12.1 Å². The molecule has 0 saturated carbocycles. The number of piperidine rings is 1. The Bertz CT molecular complexity index is 594. The van der Waals surface area contributed by atoms with Crippen molar-refractivity contribution in [3.8, 4) is 0 Å². The fourth-order valence-electron chi connectivity index (χ4n) is 3.35. The highest BCUT2D eigenvalue weighted by molar-refractivity contribution is 5.88. The lowest BCUT2D eigenvalue weighted by molar-refractivity contribution is -0.149. The molecule has 0 radical (unpaired) electrons. The van der Waals surface area contributed by atoms with Gasteiger partial charge in [0, 0.05) is 13.1 Å². The fraction of sp³-hybridized carbons (Fsp3) is 0.556. The smallest absolute Gasteiger partial charge is 0.329 e. The minimum absolute atomic E-state index is 0.216. The first-order valence-electron chi connectivity index (χ1n) is 8.03. The Morgan fingerprint density at radius 2 is 1.70 bits per heavy atom. The van der Waals surface area contributed by atoms with Gasteiger partial charge in [-0.3, -0.25) is 4.79 Å². The second-order valence-corrected chi connectivity index (χ2v) is 6.79. The highest BCUT2D eigenvalue weighted by Crippen LogP contribution is 2.23. The molecule has 5 heteroatoms. The van der Waals surface area contributed by atoms with Gasteiger partial charge in [-0.15, -0.1) is 0 Å². The van der Waals surface area contributed by atoms with Gasteiger partial charge < -0.3 is 15.3 Å². The Kier molecular flexibility index (Phi) is 5.09. The van der Waals surface area contributed by atoms with E-state index in [1.54, 1.807) is 0 Å². The number of hydrogen-bond acceptors (Lipinski definition) is 3. The summed E-state index contributed by atoms with van der Waals surface area (Å²) in [4.78, 5) is 26.3. The number of carboxylic acids is 1. The quantitative estimate of drug-likeness (QED) is 0.888. The van der Waals surface area contributed by atoms with E-state index in [0.717, 1.165) is 16.7 Å². The van der Waals surface area contributed by atoms with Gasteiger partial charge in [0.1, 0.15) is 5.54 Å². The van der Waals surface area contributed by atoms with E-state index >= 15 is 0 Å². The molecular weight excluding hydrogens is 292 g/mol. The van der Waals surface area contributed by atoms with E-state index in [2.05, 4.69) is 22.3 Å². The van der Waals surface area contributed by atoms with Crippen LogP contribution in [-0.2, 0) is 16.0 Å². The summed E-state index contributed by atoms with van der Waals surface area (Å²) < 4.78 is 0. The van der Waals surface area contributed by atoms with E-state index in [0.29, 0.717) is 25.9 Å². The molecule has 126 valence electrons. The summed E-state index contributed by atoms with van der Waals surface area (Å²) in [6.45, 7) is 7.36. The number of benzene rings is 1. The topological polar surface area (TPSA) is 69.6 Å². The van der Waals surface area contributed by atoms with E-state index < -0.39 is 11.5 Å². The molecule has 0 bridgehead atoms. The van der Waals surface area contributed by atoms with Crippen LogP contribution in [0.3, 0.4) is 0 Å². The van der Waals surface area contributed by atoms with E-state index in [1.165, 1.54) is 5.56 Å². The van der Waals surface area contributed by atoms with Crippen LogP contribution in [0.25, 0.3) is 0 Å². The third-order valence-electron chi connectivity index (χ3n) is 4.81. The Morgan fingerprint density at radius 3 is 2.17 bits per heavy atom. The molecule has 1 heterocycles. The first kappa shape index (κ1) is 17.5. The number of likely N-dealkylation sites (tertiary alicyclic amines) is 1. The summed E-state index contributed by atoms with van der Waals surface area (Å²) in [6.07, 6.45) is 1.11. The number of amides is 1. The lowest BCUT2D eigenvalue weighted by Gasteiger charge is -2.37. The first-order chi connectivity index (χ1) is 10.7. The number of carboxylic acid groups (broad SMARTS) is 1. The zero-order valence-electron chi connectivity index (χ0n) is 14.4. The monoisotopic (exact) mass is 318 g/mol. The highest BCUT2D eigenvalue weighted by Gasteiger charge is 2.42. The Morgan fingerprint density at radius 1 is 1.17 bits per heavy atom. The second kappa shape index (κ2) is 6.71. The molecule has 1 aliphatic rings. The van der Waals surface area contributed by atoms with Crippen molar-refractivity contribution in [3.05, 3.63) is 34.4 Å². The van der Waals surface area contributed by atoms with Crippen LogP contribution in [0.2, 0.25) is 0 Å². The van der Waals surface area contributed by atoms with Crippen molar-refractivity contribution in [2.24, 2.45) is 0 Å². The predicted molar refractivity (Wildman–Crippen MR) is 89.6 cm³/mol. The predicted octanol–water partition coefficient (Wildman–Crippen LogP) is 1.82. The molecule has 23 heavy (non-hydrogen) atoms. The molecule has 1 aliphatic heterocycles. The zero-order chi connectivity index (χ0) is 17.2. The normalized spacial score (nSPS) is 17.7. The summed E-state index contributed by atoms with van der Waals surface area (Å²) in [5, 5.41) is 12.4. The maximum absolute atomic E-state index is 12.5. The molecule has 1 fully saturated rings. The van der Waals surface area contributed by atoms with E-state index in [1.807, 2.05) is 27.8 Å². The number of aryl methyl sites for hydroxylation is 3. The van der Waals surface area contributed by atoms with Crippen LogP contribution in [0.1, 0.15) is 35.1 Å². The molecule has 0 atom stereocenters. The molecule has 0 aliphatic carbocycles. The number of carbonyl (C=O) groups is 2. The minimum Gasteiger partial charge on any atom is -0.480 e. The van der Waals surface area contributed by atoms with Crippen LogP contribution in [0, 0.1) is 20.8 Å². The van der Waals surface area contributed by atoms with Gasteiger partial charge >= 0.3 is 5.97 Å². The highest BCUT2D eigenvalue weighted by atomic mass is 16.4. The van der Waals surface area contributed by atoms with Gasteiger partial charge in [0.25, 0.3) is 0 Å². The first-order valence-corrected chi connectivity index (χ1v) is 8.03. The minimum atomic E-state index is -1.13. The maximum atomic E-state index is 12.5. The molecule has 0 unspecified atom stereocenters. The molecule has 2 rings (SSSR count). The molecule has 0 spiro atoms. The van der Waals surface area contributed by atoms with Gasteiger partial charge in [-0.2, -0.15) is 0 Å². The number of aliphatic carboxylic acids is 1. The SMILES string of the molecule is Cc1cc(C)c(CC(=O)NC2(C(=O)O)CCN(C)CC2)c(C)c1. The zero-order valence-corrected chi connectivity index (χ0v) is 14.4. The third kappa shape index (κ3) is 3.91. The fourth-order valence-corrected chi connectivity index (χ4v) is 3.35. The average Bonchev–Trinajstić information content (AvgIpc) is 2.45. The van der Waals surface area contributed by atoms with Gasteiger partial charge in [0.15, 0.2) is 0 Å². The van der Waals surface area contributed by atoms with Gasteiger partial charge in [-0.25, -0.2) is 4.79 Å². The van der Waals surface area contributed by atoms with Crippen LogP contribution < -0.4 is 5.32 Å². The molecule has 5 nitrogen and oxygen atoms in total. The van der Waals surface area contributed by atoms with Gasteiger partial charge in [0.2, 0.25) is 5.91 Å². The van der Waals surface area contributed by atoms with Crippen molar-refractivity contribution in [1.29, 1.82) is 0 Å². The van der Waals surface area contributed by atoms with Crippen molar-refractivity contribution >= 4 is 11.9 Å². The standard InChI is InChI=1S/C18H26N2O3/c1-12-9-13(2)15(14(3)10-12)11-16(21)19-18(17(22)23)5-7-20(4)8-6-18/h9-10H,5-8,11H2,1-4H3,(H,19,21)(H,22,23). The van der Waals surface area contributed by atoms with Crippen LogP contribution in [-0.4, -0.2) is 47.6 Å². The van der Waals surface area contributed by atoms with Crippen molar-refractivity contribution in [2.45, 2.75) is 45.6 Å². The van der Waals surface area contributed by atoms with E-state index in [4.69, 9.17) is 0 Å². The van der Waals surface area contributed by atoms with E-state index in [-0.39, 0.29) is 12.3 Å². The Labute approximate surface area is 137 Å². The Balaban J connectivity index is 2.13. The largest absolute Gasteiger partial charge is 0.480 e. The molecular formula is C18H26N2O3.